The predicted octanol–water partition coefficient (Wildman–Crippen LogP) is 3.35. The molecule has 0 aliphatic carbocycles. The predicted molar refractivity (Wildman–Crippen MR) is 82.7 cm³/mol. The number of piperidine rings is 1. The third-order valence-corrected chi connectivity index (χ3v) is 4.19. The van der Waals surface area contributed by atoms with Crippen molar-refractivity contribution in [3.63, 3.8) is 0 Å². The number of halogens is 1. The van der Waals surface area contributed by atoms with Crippen LogP contribution in [0, 0.1) is 5.82 Å². The Labute approximate surface area is 134 Å². The third-order valence-electron chi connectivity index (χ3n) is 4.19. The summed E-state index contributed by atoms with van der Waals surface area (Å²) in [4.78, 5) is 14.1. The zero-order chi connectivity index (χ0) is 16.4. The van der Waals surface area contributed by atoms with Crippen molar-refractivity contribution in [2.24, 2.45) is 0 Å². The Balaban J connectivity index is 1.64. The van der Waals surface area contributed by atoms with Crippen molar-refractivity contribution < 1.29 is 13.6 Å². The Morgan fingerprint density at radius 1 is 1.26 bits per heavy atom. The number of nitrogens with zero attached hydrogens (tertiary/aromatic N) is 3. The Hall–Kier alpha value is -2.24. The number of hydrogen-bond acceptors (Lipinski definition) is 4. The Bertz CT molecular complexity index is 691. The molecule has 5 nitrogen and oxygen atoms in total. The first-order valence-corrected chi connectivity index (χ1v) is 7.93. The van der Waals surface area contributed by atoms with Crippen molar-refractivity contribution in [1.29, 1.82) is 0 Å². The maximum absolute atomic E-state index is 13.7. The van der Waals surface area contributed by atoms with E-state index in [0.29, 0.717) is 24.9 Å². The second kappa shape index (κ2) is 6.48. The molecule has 122 valence electrons. The van der Waals surface area contributed by atoms with Crippen LogP contribution in [0.4, 0.5) is 4.39 Å². The summed E-state index contributed by atoms with van der Waals surface area (Å²) in [6, 6.07) is 6.09. The van der Waals surface area contributed by atoms with Crippen LogP contribution in [0.3, 0.4) is 0 Å². The van der Waals surface area contributed by atoms with Crippen molar-refractivity contribution in [3.8, 4) is 0 Å². The summed E-state index contributed by atoms with van der Waals surface area (Å²) in [6.45, 7) is 5.15. The smallest absolute Gasteiger partial charge is 0.256 e. The summed E-state index contributed by atoms with van der Waals surface area (Å²) in [5, 5.41) is 8.18. The molecule has 0 unspecified atom stereocenters. The molecule has 2 heterocycles. The van der Waals surface area contributed by atoms with Gasteiger partial charge in [-0.1, -0.05) is 26.0 Å². The quantitative estimate of drug-likeness (QED) is 0.871. The molecule has 1 aromatic heterocycles. The van der Waals surface area contributed by atoms with Gasteiger partial charge in [0, 0.05) is 24.9 Å². The van der Waals surface area contributed by atoms with E-state index in [1.165, 1.54) is 12.1 Å². The lowest BCUT2D eigenvalue weighted by atomic mass is 9.96. The molecule has 2 aromatic rings. The van der Waals surface area contributed by atoms with E-state index in [1.807, 2.05) is 13.8 Å². The highest BCUT2D eigenvalue weighted by atomic mass is 19.1. The normalized spacial score (nSPS) is 16.1. The molecule has 0 N–H and O–H groups in total. The van der Waals surface area contributed by atoms with E-state index in [4.69, 9.17) is 4.42 Å². The first-order valence-electron chi connectivity index (χ1n) is 7.93. The van der Waals surface area contributed by atoms with Crippen LogP contribution in [-0.2, 0) is 0 Å². The second-order valence-electron chi connectivity index (χ2n) is 6.18. The second-order valence-corrected chi connectivity index (χ2v) is 6.18. The van der Waals surface area contributed by atoms with Crippen molar-refractivity contribution in [2.75, 3.05) is 13.1 Å². The first-order chi connectivity index (χ1) is 11.1. The van der Waals surface area contributed by atoms with E-state index >= 15 is 0 Å². The Morgan fingerprint density at radius 3 is 2.57 bits per heavy atom. The van der Waals surface area contributed by atoms with Gasteiger partial charge in [0.05, 0.1) is 5.56 Å². The van der Waals surface area contributed by atoms with E-state index in [9.17, 15) is 9.18 Å². The van der Waals surface area contributed by atoms with Crippen molar-refractivity contribution >= 4 is 5.91 Å². The van der Waals surface area contributed by atoms with Gasteiger partial charge in [-0.2, -0.15) is 0 Å². The van der Waals surface area contributed by atoms with Crippen LogP contribution in [0.5, 0.6) is 0 Å². The highest BCUT2D eigenvalue weighted by Crippen LogP contribution is 2.29. The number of likely N-dealkylation sites (tertiary alicyclic amines) is 1. The SMILES string of the molecule is CC(C)c1nnc(C2CCN(C(=O)c3ccccc3F)CC2)o1. The Kier molecular flexibility index (Phi) is 4.41. The highest BCUT2D eigenvalue weighted by Gasteiger charge is 2.28. The van der Waals surface area contributed by atoms with Gasteiger partial charge in [-0.05, 0) is 25.0 Å². The Morgan fingerprint density at radius 2 is 1.96 bits per heavy atom. The molecule has 1 saturated heterocycles. The zero-order valence-corrected chi connectivity index (χ0v) is 13.3. The van der Waals surface area contributed by atoms with E-state index in [0.717, 1.165) is 12.8 Å². The number of carbonyl (C=O) groups is 1. The minimum Gasteiger partial charge on any atom is -0.425 e. The van der Waals surface area contributed by atoms with Crippen molar-refractivity contribution in [3.05, 3.63) is 47.4 Å². The molecule has 0 radical (unpaired) electrons. The van der Waals surface area contributed by atoms with Gasteiger partial charge in [0.1, 0.15) is 5.82 Å². The third kappa shape index (κ3) is 3.25. The zero-order valence-electron chi connectivity index (χ0n) is 13.3. The minimum absolute atomic E-state index is 0.130. The van der Waals surface area contributed by atoms with Crippen LogP contribution in [-0.4, -0.2) is 34.1 Å². The number of rotatable bonds is 3. The fourth-order valence-electron chi connectivity index (χ4n) is 2.78. The van der Waals surface area contributed by atoms with Gasteiger partial charge in [-0.15, -0.1) is 10.2 Å². The topological polar surface area (TPSA) is 59.2 Å². The molecule has 0 bridgehead atoms. The molecule has 0 atom stereocenters. The molecule has 1 amide bonds. The molecule has 1 aliphatic heterocycles. The number of aromatic nitrogens is 2. The summed E-state index contributed by atoms with van der Waals surface area (Å²) >= 11 is 0. The molecule has 0 spiro atoms. The maximum atomic E-state index is 13.7. The largest absolute Gasteiger partial charge is 0.425 e. The molecule has 3 rings (SSSR count). The fraction of sp³-hybridized carbons (Fsp3) is 0.471. The van der Waals surface area contributed by atoms with Gasteiger partial charge in [-0.25, -0.2) is 4.39 Å². The number of carbonyl (C=O) groups excluding carboxylic acids is 1. The molecular formula is C17H20FN3O2. The maximum Gasteiger partial charge on any atom is 0.256 e. The lowest BCUT2D eigenvalue weighted by Gasteiger charge is -2.30. The van der Waals surface area contributed by atoms with Crippen LogP contribution in [0.1, 0.15) is 60.7 Å². The molecule has 6 heteroatoms. The van der Waals surface area contributed by atoms with Gasteiger partial charge < -0.3 is 9.32 Å². The van der Waals surface area contributed by atoms with E-state index in [1.54, 1.807) is 17.0 Å². The molecule has 1 aromatic carbocycles. The van der Waals surface area contributed by atoms with Crippen LogP contribution in [0.2, 0.25) is 0 Å². The van der Waals surface area contributed by atoms with Gasteiger partial charge in [0.2, 0.25) is 11.8 Å². The molecule has 1 fully saturated rings. The van der Waals surface area contributed by atoms with Gasteiger partial charge in [-0.3, -0.25) is 4.79 Å². The van der Waals surface area contributed by atoms with Crippen LogP contribution in [0.25, 0.3) is 0 Å². The van der Waals surface area contributed by atoms with Gasteiger partial charge >= 0.3 is 0 Å². The summed E-state index contributed by atoms with van der Waals surface area (Å²) in [5.74, 6) is 0.934. The van der Waals surface area contributed by atoms with E-state index in [-0.39, 0.29) is 23.3 Å². The van der Waals surface area contributed by atoms with E-state index in [2.05, 4.69) is 10.2 Å². The van der Waals surface area contributed by atoms with Crippen LogP contribution in [0.15, 0.2) is 28.7 Å². The number of amides is 1. The monoisotopic (exact) mass is 317 g/mol. The molecule has 1 aliphatic rings. The fourth-order valence-corrected chi connectivity index (χ4v) is 2.78. The molecular weight excluding hydrogens is 297 g/mol. The molecule has 23 heavy (non-hydrogen) atoms. The van der Waals surface area contributed by atoms with Crippen LogP contribution >= 0.6 is 0 Å². The van der Waals surface area contributed by atoms with Crippen molar-refractivity contribution in [1.82, 2.24) is 15.1 Å². The molecule has 0 saturated carbocycles. The number of benzene rings is 1. The highest BCUT2D eigenvalue weighted by molar-refractivity contribution is 5.94. The standard InChI is InChI=1S/C17H20FN3O2/c1-11(2)15-19-20-16(23-15)12-7-9-21(10-8-12)17(22)13-5-3-4-6-14(13)18/h3-6,11-12H,7-10H2,1-2H3. The summed E-state index contributed by atoms with van der Waals surface area (Å²) in [7, 11) is 0. The summed E-state index contributed by atoms with van der Waals surface area (Å²) < 4.78 is 19.4. The van der Waals surface area contributed by atoms with E-state index < -0.39 is 5.82 Å². The lowest BCUT2D eigenvalue weighted by Crippen LogP contribution is -2.38. The first kappa shape index (κ1) is 15.6. The summed E-state index contributed by atoms with van der Waals surface area (Å²) in [5.41, 5.74) is 0.130. The lowest BCUT2D eigenvalue weighted by molar-refractivity contribution is 0.0701. The van der Waals surface area contributed by atoms with Crippen LogP contribution < -0.4 is 0 Å². The van der Waals surface area contributed by atoms with Crippen molar-refractivity contribution in [2.45, 2.75) is 38.5 Å². The minimum atomic E-state index is -0.474. The summed E-state index contributed by atoms with van der Waals surface area (Å²) in [6.07, 6.45) is 1.50. The van der Waals surface area contributed by atoms with Gasteiger partial charge in [0.15, 0.2) is 0 Å². The average Bonchev–Trinajstić information content (AvgIpc) is 3.05. The average molecular weight is 317 g/mol. The van der Waals surface area contributed by atoms with Gasteiger partial charge in [0.25, 0.3) is 5.91 Å². The number of hydrogen-bond donors (Lipinski definition) is 0.